The number of nitrogens with one attached hydrogen (secondary N) is 2. The van der Waals surface area contributed by atoms with Crippen LogP contribution in [0.4, 0.5) is 0 Å². The molecule has 2 saturated heterocycles. The molecule has 2 aliphatic heterocycles. The van der Waals surface area contributed by atoms with E-state index < -0.39 is 37.0 Å². The predicted molar refractivity (Wildman–Crippen MR) is 180 cm³/mol. The largest absolute Gasteiger partial charge is 0.480 e. The zero-order chi connectivity index (χ0) is 36.8. The second-order valence-electron chi connectivity index (χ2n) is 13.7. The summed E-state index contributed by atoms with van der Waals surface area (Å²) in [5.74, 6) is -4.62. The molecule has 2 heterocycles. The van der Waals surface area contributed by atoms with Crippen LogP contribution in [0.15, 0.2) is 0 Å². The Kier molecular flexibility index (Phi) is 20.2. The maximum absolute atomic E-state index is 13.1. The first-order valence-electron chi connectivity index (χ1n) is 17.5. The molecule has 3 rings (SSSR count). The Bertz CT molecular complexity index is 1150. The van der Waals surface area contributed by atoms with Crippen molar-refractivity contribution in [2.45, 2.75) is 57.4 Å². The van der Waals surface area contributed by atoms with Crippen LogP contribution in [0, 0.1) is 48.7 Å². The van der Waals surface area contributed by atoms with Crippen LogP contribution in [0.5, 0.6) is 0 Å². The number of nitrogens with zero attached hydrogens (tertiary/aromatic N) is 5. The van der Waals surface area contributed by atoms with E-state index in [9.17, 15) is 54.1 Å². The molecule has 0 unspecified atom stereocenters. The van der Waals surface area contributed by atoms with Gasteiger partial charge < -0.3 is 40.9 Å². The average Bonchev–Trinajstić information content (AvgIpc) is 3.55. The van der Waals surface area contributed by atoms with Crippen molar-refractivity contribution in [3.8, 4) is 0 Å². The number of likely N-dealkylation sites (tertiary alicyclic amines) is 1. The van der Waals surface area contributed by atoms with E-state index in [4.69, 9.17) is 0 Å². The number of carbonyl (C=O) groups is 6. The first-order valence-corrected chi connectivity index (χ1v) is 17.5. The third-order valence-electron chi connectivity index (χ3n) is 9.83. The van der Waals surface area contributed by atoms with E-state index in [1.54, 1.807) is 21.6 Å². The van der Waals surface area contributed by atoms with Crippen LogP contribution in [0.1, 0.15) is 45.4 Å². The van der Waals surface area contributed by atoms with Crippen molar-refractivity contribution in [1.82, 2.24) is 35.1 Å². The maximum atomic E-state index is 13.1. The first-order chi connectivity index (χ1) is 23.7. The minimum Gasteiger partial charge on any atom is -0.480 e. The van der Waals surface area contributed by atoms with Crippen LogP contribution >= 0.6 is 0 Å². The number of hydrogen-bond donors (Lipinski definition) is 7. The number of carbonyl (C=O) groups excluding carboxylic acids is 3. The molecule has 18 nitrogen and oxygen atoms in total. The third-order valence-corrected chi connectivity index (χ3v) is 9.83. The van der Waals surface area contributed by atoms with Gasteiger partial charge in [-0.15, -0.1) is 0 Å². The van der Waals surface area contributed by atoms with Crippen molar-refractivity contribution in [2.24, 2.45) is 11.8 Å². The Labute approximate surface area is 328 Å². The molecular weight excluding hydrogens is 832 g/mol. The Morgan fingerprint density at radius 3 is 1.51 bits per heavy atom. The molecule has 3 amide bonds. The molecule has 0 aromatic heterocycles. The van der Waals surface area contributed by atoms with E-state index in [1.807, 2.05) is 4.90 Å². The Balaban J connectivity index is 0.00000901. The normalized spacial score (nSPS) is 23.9. The molecule has 51 heavy (non-hydrogen) atoms. The Morgan fingerprint density at radius 2 is 1.10 bits per heavy atom. The van der Waals surface area contributed by atoms with Gasteiger partial charge in [0.2, 0.25) is 17.7 Å². The molecule has 1 aliphatic carbocycles. The van der Waals surface area contributed by atoms with Crippen molar-refractivity contribution in [3.05, 3.63) is 0 Å². The van der Waals surface area contributed by atoms with Gasteiger partial charge in [-0.2, -0.15) is 0 Å². The smallest absolute Gasteiger partial charge is 0.475 e. The number of carboxylic acid groups (broad SMARTS) is 3. The number of amides is 3. The minimum atomic E-state index is -1.62. The molecule has 0 aromatic rings. The van der Waals surface area contributed by atoms with Crippen molar-refractivity contribution >= 4 is 42.7 Å². The summed E-state index contributed by atoms with van der Waals surface area (Å²) in [6, 6.07) is -0.788. The van der Waals surface area contributed by atoms with Crippen molar-refractivity contribution in [2.75, 3.05) is 91.6 Å². The van der Waals surface area contributed by atoms with Gasteiger partial charge in [-0.1, -0.05) is 0 Å². The standard InChI is InChI=1S/C31H54BN7O11.Lu/c1-22(31(48)39-8-2-3-25(39)32(49)50)34-30(47)24-6-4-23(5-7-24)17-33-26(40)18-35-9-11-36(19-27(41)42)13-15-38(21-29(45)46)16-14-37(12-10-35)20-28(43)44;/h22-25,49-50H,2-21H2,1H3,(H,33,40)(H,34,47)(H,41,42)(H,43,44)(H,45,46);/t22-,23?,24?,25+;/m1./s1. The summed E-state index contributed by atoms with van der Waals surface area (Å²) in [4.78, 5) is 81.6. The molecule has 3 aliphatic rings. The van der Waals surface area contributed by atoms with E-state index in [0.717, 1.165) is 0 Å². The van der Waals surface area contributed by atoms with Gasteiger partial charge in [0.05, 0.1) is 32.1 Å². The number of rotatable bonds is 14. The fourth-order valence-electron chi connectivity index (χ4n) is 6.95. The van der Waals surface area contributed by atoms with E-state index >= 15 is 0 Å². The van der Waals surface area contributed by atoms with Gasteiger partial charge in [0.15, 0.2) is 0 Å². The quantitative estimate of drug-likeness (QED) is 0.0855. The molecule has 1 radical (unpaired) electrons. The summed E-state index contributed by atoms with van der Waals surface area (Å²) in [5.41, 5.74) is 0. The topological polar surface area (TPSA) is 244 Å². The maximum Gasteiger partial charge on any atom is 0.475 e. The molecule has 7 N–H and O–H groups in total. The third kappa shape index (κ3) is 16.2. The molecule has 20 heteroatoms. The van der Waals surface area contributed by atoms with Gasteiger partial charge in [0, 0.05) is 108 Å². The molecule has 1 saturated carbocycles. The van der Waals surface area contributed by atoms with Gasteiger partial charge in [-0.3, -0.25) is 48.4 Å². The molecule has 297 valence electrons. The average molecular weight is 887 g/mol. The predicted octanol–water partition coefficient (Wildman–Crippen LogP) is -3.11. The molecule has 0 aromatic carbocycles. The van der Waals surface area contributed by atoms with Crippen LogP contribution in [-0.2, 0) is 28.8 Å². The van der Waals surface area contributed by atoms with E-state index in [1.165, 1.54) is 4.90 Å². The number of hydrogen-bond acceptors (Lipinski definition) is 12. The summed E-state index contributed by atoms with van der Waals surface area (Å²) in [7, 11) is -1.62. The zero-order valence-electron chi connectivity index (χ0n) is 29.2. The summed E-state index contributed by atoms with van der Waals surface area (Å²) in [5, 5.41) is 53.1. The molecule has 0 bridgehead atoms. The Morgan fingerprint density at radius 1 is 0.667 bits per heavy atom. The second kappa shape index (κ2) is 22.8. The van der Waals surface area contributed by atoms with Crippen LogP contribution in [0.3, 0.4) is 0 Å². The van der Waals surface area contributed by atoms with Gasteiger partial charge in [0.25, 0.3) is 0 Å². The fraction of sp³-hybridized carbons (Fsp3) is 0.806. The van der Waals surface area contributed by atoms with Gasteiger partial charge in [-0.05, 0) is 51.4 Å². The van der Waals surface area contributed by atoms with Crippen molar-refractivity contribution < 1.29 is 91.0 Å². The minimum absolute atomic E-state index is 0. The number of aliphatic carboxylic acids is 3. The second-order valence-corrected chi connectivity index (χ2v) is 13.7. The van der Waals surface area contributed by atoms with Crippen molar-refractivity contribution in [1.29, 1.82) is 0 Å². The summed E-state index contributed by atoms with van der Waals surface area (Å²) in [6.45, 7) is 4.23. The fourth-order valence-corrected chi connectivity index (χ4v) is 6.95. The van der Waals surface area contributed by atoms with Crippen LogP contribution in [0.25, 0.3) is 0 Å². The van der Waals surface area contributed by atoms with Gasteiger partial charge >= 0.3 is 25.0 Å². The summed E-state index contributed by atoms with van der Waals surface area (Å²) in [6.07, 6.45) is 3.79. The van der Waals surface area contributed by atoms with Crippen LogP contribution in [-0.4, -0.2) is 196 Å². The van der Waals surface area contributed by atoms with Gasteiger partial charge in [0.1, 0.15) is 6.04 Å². The first kappa shape index (κ1) is 45.0. The summed E-state index contributed by atoms with van der Waals surface area (Å²) < 4.78 is 0. The van der Waals surface area contributed by atoms with E-state index in [0.29, 0.717) is 90.9 Å². The van der Waals surface area contributed by atoms with E-state index in [2.05, 4.69) is 10.6 Å². The van der Waals surface area contributed by atoms with Crippen molar-refractivity contribution in [3.63, 3.8) is 0 Å². The zero-order valence-corrected chi connectivity index (χ0v) is 30.9. The summed E-state index contributed by atoms with van der Waals surface area (Å²) >= 11 is 0. The Hall–Kier alpha value is -2.12. The molecule has 3 fully saturated rings. The van der Waals surface area contributed by atoms with Gasteiger partial charge in [-0.25, -0.2) is 0 Å². The molecule has 0 spiro atoms. The molecule has 2 atom stereocenters. The monoisotopic (exact) mass is 886 g/mol. The molecular formula is C31H54BLuN7O11. The van der Waals surface area contributed by atoms with E-state index in [-0.39, 0.29) is 106 Å². The van der Waals surface area contributed by atoms with Crippen LogP contribution in [0.2, 0.25) is 0 Å². The van der Waals surface area contributed by atoms with Crippen LogP contribution < -0.4 is 10.6 Å². The SMILES string of the molecule is C[C@@H](NC(=O)C1CCC(CNC(=O)CN2CCN(CC(=O)O)CCN(CC(=O)O)CCN(CC(=O)O)CC2)CC1)C(=O)N1CCC[C@H]1B(O)O.[Lu]. The number of carboxylic acids is 3.